The SMILES string of the molecule is COc1c(Br)cc(Br)cc1CNCc1c(C)nn(Cc2ccccc2)c1C. The van der Waals surface area contributed by atoms with Gasteiger partial charge in [0.2, 0.25) is 0 Å². The molecule has 1 aromatic heterocycles. The van der Waals surface area contributed by atoms with Gasteiger partial charge in [0.25, 0.3) is 0 Å². The monoisotopic (exact) mass is 491 g/mol. The van der Waals surface area contributed by atoms with Crippen LogP contribution >= 0.6 is 31.9 Å². The highest BCUT2D eigenvalue weighted by Gasteiger charge is 2.13. The zero-order valence-corrected chi connectivity index (χ0v) is 18.9. The van der Waals surface area contributed by atoms with Crippen molar-refractivity contribution in [3.05, 3.63) is 79.5 Å². The summed E-state index contributed by atoms with van der Waals surface area (Å²) in [6.07, 6.45) is 0. The molecule has 0 aliphatic heterocycles. The van der Waals surface area contributed by atoms with Crippen LogP contribution < -0.4 is 10.1 Å². The Balaban J connectivity index is 1.70. The number of rotatable bonds is 7. The van der Waals surface area contributed by atoms with E-state index in [0.717, 1.165) is 39.0 Å². The van der Waals surface area contributed by atoms with Gasteiger partial charge in [0.05, 0.1) is 23.8 Å². The molecule has 0 spiro atoms. The van der Waals surface area contributed by atoms with Gasteiger partial charge in [0, 0.05) is 34.4 Å². The number of aromatic nitrogens is 2. The van der Waals surface area contributed by atoms with Crippen LogP contribution in [0.2, 0.25) is 0 Å². The lowest BCUT2D eigenvalue weighted by Gasteiger charge is -2.12. The van der Waals surface area contributed by atoms with Crippen LogP contribution in [0.15, 0.2) is 51.4 Å². The number of halogens is 2. The summed E-state index contributed by atoms with van der Waals surface area (Å²) >= 11 is 7.10. The Morgan fingerprint density at radius 3 is 2.52 bits per heavy atom. The number of aryl methyl sites for hydroxylation is 1. The number of hydrogen-bond acceptors (Lipinski definition) is 3. The summed E-state index contributed by atoms with van der Waals surface area (Å²) in [6, 6.07) is 14.5. The summed E-state index contributed by atoms with van der Waals surface area (Å²) in [7, 11) is 1.69. The van der Waals surface area contributed by atoms with Gasteiger partial charge in [-0.15, -0.1) is 0 Å². The van der Waals surface area contributed by atoms with Crippen molar-refractivity contribution < 1.29 is 4.74 Å². The van der Waals surface area contributed by atoms with Crippen LogP contribution in [0.3, 0.4) is 0 Å². The van der Waals surface area contributed by atoms with Gasteiger partial charge in [0.15, 0.2) is 0 Å². The topological polar surface area (TPSA) is 39.1 Å². The van der Waals surface area contributed by atoms with E-state index in [9.17, 15) is 0 Å². The van der Waals surface area contributed by atoms with E-state index in [1.807, 2.05) is 12.1 Å². The normalized spacial score (nSPS) is 11.0. The Kier molecular flexibility index (Phi) is 6.73. The first-order valence-electron chi connectivity index (χ1n) is 8.79. The Morgan fingerprint density at radius 2 is 1.81 bits per heavy atom. The second kappa shape index (κ2) is 9.04. The van der Waals surface area contributed by atoms with E-state index in [4.69, 9.17) is 9.84 Å². The van der Waals surface area contributed by atoms with Gasteiger partial charge in [0.1, 0.15) is 5.75 Å². The number of nitrogens with zero attached hydrogens (tertiary/aromatic N) is 2. The minimum Gasteiger partial charge on any atom is -0.495 e. The summed E-state index contributed by atoms with van der Waals surface area (Å²) in [6.45, 7) is 6.47. The van der Waals surface area contributed by atoms with Gasteiger partial charge in [-0.05, 0) is 47.5 Å². The first kappa shape index (κ1) is 20.1. The third kappa shape index (κ3) is 4.81. The number of hydrogen-bond donors (Lipinski definition) is 1. The van der Waals surface area contributed by atoms with Crippen molar-refractivity contribution in [3.8, 4) is 5.75 Å². The summed E-state index contributed by atoms with van der Waals surface area (Å²) < 4.78 is 9.58. The Morgan fingerprint density at radius 1 is 1.07 bits per heavy atom. The Bertz CT molecular complexity index is 923. The van der Waals surface area contributed by atoms with E-state index >= 15 is 0 Å². The molecule has 0 saturated carbocycles. The molecular formula is C21H23Br2N3O. The van der Waals surface area contributed by atoms with Crippen LogP contribution in [-0.2, 0) is 19.6 Å². The Labute approximate surface area is 177 Å². The van der Waals surface area contributed by atoms with Crippen molar-refractivity contribution in [2.75, 3.05) is 7.11 Å². The number of ether oxygens (including phenoxy) is 1. The first-order valence-corrected chi connectivity index (χ1v) is 10.4. The van der Waals surface area contributed by atoms with Crippen LogP contribution in [0.25, 0.3) is 0 Å². The number of nitrogens with one attached hydrogen (secondary N) is 1. The molecule has 0 bridgehead atoms. The van der Waals surface area contributed by atoms with Gasteiger partial charge in [-0.3, -0.25) is 4.68 Å². The lowest BCUT2D eigenvalue weighted by molar-refractivity contribution is 0.405. The smallest absolute Gasteiger partial charge is 0.137 e. The minimum atomic E-state index is 0.712. The summed E-state index contributed by atoms with van der Waals surface area (Å²) in [4.78, 5) is 0. The molecular weight excluding hydrogens is 470 g/mol. The molecule has 0 aliphatic rings. The molecule has 3 aromatic rings. The van der Waals surface area contributed by atoms with Gasteiger partial charge in [-0.1, -0.05) is 46.3 Å². The van der Waals surface area contributed by atoms with E-state index in [2.05, 4.69) is 86.0 Å². The molecule has 2 aromatic carbocycles. The highest BCUT2D eigenvalue weighted by atomic mass is 79.9. The molecule has 0 amide bonds. The lowest BCUT2D eigenvalue weighted by Crippen LogP contribution is -2.15. The average molecular weight is 493 g/mol. The van der Waals surface area contributed by atoms with E-state index < -0.39 is 0 Å². The lowest BCUT2D eigenvalue weighted by atomic mass is 10.1. The predicted octanol–water partition coefficient (Wildman–Crippen LogP) is 5.37. The van der Waals surface area contributed by atoms with Crippen molar-refractivity contribution in [3.63, 3.8) is 0 Å². The molecule has 0 fully saturated rings. The van der Waals surface area contributed by atoms with Crippen LogP contribution in [0.5, 0.6) is 5.75 Å². The predicted molar refractivity (Wildman–Crippen MR) is 116 cm³/mol. The fourth-order valence-corrected chi connectivity index (χ4v) is 4.67. The van der Waals surface area contributed by atoms with Crippen molar-refractivity contribution in [1.82, 2.24) is 15.1 Å². The third-order valence-electron chi connectivity index (χ3n) is 4.61. The molecule has 6 heteroatoms. The number of benzene rings is 2. The van der Waals surface area contributed by atoms with Gasteiger partial charge in [-0.2, -0.15) is 5.10 Å². The second-order valence-electron chi connectivity index (χ2n) is 6.48. The maximum atomic E-state index is 5.53. The zero-order chi connectivity index (χ0) is 19.4. The minimum absolute atomic E-state index is 0.712. The molecule has 0 saturated heterocycles. The van der Waals surface area contributed by atoms with E-state index in [1.54, 1.807) is 7.11 Å². The van der Waals surface area contributed by atoms with Crippen molar-refractivity contribution in [2.24, 2.45) is 0 Å². The highest BCUT2D eigenvalue weighted by Crippen LogP contribution is 2.32. The van der Waals surface area contributed by atoms with Crippen LogP contribution in [0.1, 0.15) is 28.1 Å². The van der Waals surface area contributed by atoms with Crippen LogP contribution in [0, 0.1) is 13.8 Å². The maximum Gasteiger partial charge on any atom is 0.137 e. The van der Waals surface area contributed by atoms with Crippen molar-refractivity contribution in [2.45, 2.75) is 33.5 Å². The zero-order valence-electron chi connectivity index (χ0n) is 15.7. The molecule has 0 unspecified atom stereocenters. The van der Waals surface area contributed by atoms with Gasteiger partial charge < -0.3 is 10.1 Å². The molecule has 0 aliphatic carbocycles. The fraction of sp³-hybridized carbons (Fsp3) is 0.286. The largest absolute Gasteiger partial charge is 0.495 e. The Hall–Kier alpha value is -1.63. The van der Waals surface area contributed by atoms with Crippen molar-refractivity contribution >= 4 is 31.9 Å². The summed E-state index contributed by atoms with van der Waals surface area (Å²) in [5.74, 6) is 0.860. The summed E-state index contributed by atoms with van der Waals surface area (Å²) in [5.41, 5.74) is 5.88. The molecule has 142 valence electrons. The van der Waals surface area contributed by atoms with E-state index in [-0.39, 0.29) is 0 Å². The molecule has 1 heterocycles. The first-order chi connectivity index (χ1) is 13.0. The maximum absolute atomic E-state index is 5.53. The molecule has 0 atom stereocenters. The van der Waals surface area contributed by atoms with Crippen LogP contribution in [-0.4, -0.2) is 16.9 Å². The third-order valence-corrected chi connectivity index (χ3v) is 5.66. The van der Waals surface area contributed by atoms with Crippen molar-refractivity contribution in [1.29, 1.82) is 0 Å². The average Bonchev–Trinajstić information content (AvgIpc) is 2.89. The number of methoxy groups -OCH3 is 1. The van der Waals surface area contributed by atoms with Gasteiger partial charge >= 0.3 is 0 Å². The standard InChI is InChI=1S/C21H23Br2N3O/c1-14-19(15(2)26(25-14)13-16-7-5-4-6-8-16)12-24-11-17-9-18(22)10-20(23)21(17)27-3/h4-10,24H,11-13H2,1-3H3. The van der Waals surface area contributed by atoms with Crippen LogP contribution in [0.4, 0.5) is 0 Å². The fourth-order valence-electron chi connectivity index (χ4n) is 3.20. The quantitative estimate of drug-likeness (QED) is 0.481. The van der Waals surface area contributed by atoms with Gasteiger partial charge in [-0.25, -0.2) is 0 Å². The summed E-state index contributed by atoms with van der Waals surface area (Å²) in [5, 5.41) is 8.26. The molecule has 3 rings (SSSR count). The molecule has 27 heavy (non-hydrogen) atoms. The van der Waals surface area contributed by atoms with E-state index in [1.165, 1.54) is 16.8 Å². The second-order valence-corrected chi connectivity index (χ2v) is 8.25. The highest BCUT2D eigenvalue weighted by molar-refractivity contribution is 9.11. The molecule has 4 nitrogen and oxygen atoms in total. The molecule has 1 N–H and O–H groups in total. The van der Waals surface area contributed by atoms with E-state index in [0.29, 0.717) is 6.54 Å². The molecule has 0 radical (unpaired) electrons.